The highest BCUT2D eigenvalue weighted by molar-refractivity contribution is 7.47. The summed E-state index contributed by atoms with van der Waals surface area (Å²) < 4.78 is 68.6. The molecule has 0 aliphatic heterocycles. The summed E-state index contributed by atoms with van der Waals surface area (Å²) >= 11 is 0. The smallest absolute Gasteiger partial charge is 0.462 e. The normalized spacial score (nSPS) is 14.4. The van der Waals surface area contributed by atoms with Gasteiger partial charge in [0.25, 0.3) is 0 Å². The zero-order chi connectivity index (χ0) is 74.4. The van der Waals surface area contributed by atoms with Crippen LogP contribution in [0.15, 0.2) is 24.3 Å². The van der Waals surface area contributed by atoms with Crippen LogP contribution in [0.2, 0.25) is 0 Å². The van der Waals surface area contributed by atoms with E-state index >= 15 is 0 Å². The maximum Gasteiger partial charge on any atom is 0.472 e. The summed E-state index contributed by atoms with van der Waals surface area (Å²) in [4.78, 5) is 73.0. The van der Waals surface area contributed by atoms with Crippen molar-refractivity contribution >= 4 is 39.5 Å². The lowest BCUT2D eigenvalue weighted by atomic mass is 9.99. The van der Waals surface area contributed by atoms with Crippen LogP contribution in [0.25, 0.3) is 0 Å². The van der Waals surface area contributed by atoms with E-state index in [2.05, 4.69) is 72.8 Å². The molecule has 0 aromatic carbocycles. The third-order valence-electron chi connectivity index (χ3n) is 18.9. The van der Waals surface area contributed by atoms with Gasteiger partial charge in [0.15, 0.2) is 12.2 Å². The highest BCUT2D eigenvalue weighted by Crippen LogP contribution is 2.45. The monoisotopic (exact) mass is 1480 g/mol. The third kappa shape index (κ3) is 74.2. The van der Waals surface area contributed by atoms with Gasteiger partial charge in [-0.15, -0.1) is 0 Å². The zero-order valence-corrected chi connectivity index (χ0v) is 67.6. The van der Waals surface area contributed by atoms with Gasteiger partial charge in [-0.25, -0.2) is 9.13 Å². The Bertz CT molecular complexity index is 2050. The summed E-state index contributed by atoms with van der Waals surface area (Å²) in [6.07, 6.45) is 63.5. The average molecular weight is 1480 g/mol. The number of phosphoric acid groups is 2. The summed E-state index contributed by atoms with van der Waals surface area (Å²) in [6.45, 7) is 11.9. The Hall–Kier alpha value is -2.46. The van der Waals surface area contributed by atoms with E-state index < -0.39 is 97.5 Å². The average Bonchev–Trinajstić information content (AvgIpc) is 0.951. The lowest BCUT2D eigenvalue weighted by Gasteiger charge is -2.21. The molecule has 17 nitrogen and oxygen atoms in total. The maximum atomic E-state index is 13.1. The molecule has 6 atom stereocenters. The second-order valence-electron chi connectivity index (χ2n) is 30.0. The molecule has 0 fully saturated rings. The van der Waals surface area contributed by atoms with Gasteiger partial charge < -0.3 is 33.8 Å². The number of allylic oxidation sites excluding steroid dienone is 4. The Kier molecular flexibility index (Phi) is 70.0. The standard InChI is InChI=1S/C82H156O17P2/c1-8-10-11-12-13-14-15-16-21-26-32-37-42-51-58-65-81(86)98-77(69-92-79(84)63-56-49-41-36-31-25-23-20-18-17-19-22-24-30-35-40-48-55-62-75(7)9-2)71-96-100(88,89)94-67-76(83)68-95-101(90,91)97-72-78(70-93-80(85)64-57-50-45-44-47-54-61-74(5)6)99-82(87)66-59-52-43-38-33-28-27-29-34-39-46-53-60-73(3)4/h14-16,21,73-78,83H,8-13,17-20,22-72H2,1-7H3,(H,88,89)(H,90,91)/b15-14-,21-16-/t75?,76-,77-,78-/m1/s1. The number of rotatable bonds is 78. The van der Waals surface area contributed by atoms with Crippen LogP contribution in [0.5, 0.6) is 0 Å². The molecule has 0 bridgehead atoms. The van der Waals surface area contributed by atoms with Crippen LogP contribution < -0.4 is 0 Å². The highest BCUT2D eigenvalue weighted by atomic mass is 31.2. The summed E-state index contributed by atoms with van der Waals surface area (Å²) in [7, 11) is -9.93. The summed E-state index contributed by atoms with van der Waals surface area (Å²) in [5, 5.41) is 10.6. The molecule has 0 aromatic heterocycles. The van der Waals surface area contributed by atoms with Gasteiger partial charge in [0.1, 0.15) is 19.3 Å². The molecule has 596 valence electrons. The molecule has 19 heteroatoms. The Morgan fingerprint density at radius 2 is 0.584 bits per heavy atom. The molecule has 0 rings (SSSR count). The molecule has 3 unspecified atom stereocenters. The Morgan fingerprint density at radius 3 is 0.881 bits per heavy atom. The van der Waals surface area contributed by atoms with E-state index in [4.69, 9.17) is 37.0 Å². The van der Waals surface area contributed by atoms with Crippen molar-refractivity contribution in [3.05, 3.63) is 24.3 Å². The summed E-state index contributed by atoms with van der Waals surface area (Å²) in [6, 6.07) is 0. The zero-order valence-electron chi connectivity index (χ0n) is 65.9. The highest BCUT2D eigenvalue weighted by Gasteiger charge is 2.30. The van der Waals surface area contributed by atoms with Crippen molar-refractivity contribution in [1.29, 1.82) is 0 Å². The van der Waals surface area contributed by atoms with Gasteiger partial charge in [-0.1, -0.05) is 349 Å². The van der Waals surface area contributed by atoms with Crippen LogP contribution in [-0.2, 0) is 65.4 Å². The minimum Gasteiger partial charge on any atom is -0.462 e. The van der Waals surface area contributed by atoms with Crippen molar-refractivity contribution in [1.82, 2.24) is 0 Å². The molecule has 0 aliphatic rings. The van der Waals surface area contributed by atoms with Gasteiger partial charge in [0, 0.05) is 25.7 Å². The fourth-order valence-electron chi connectivity index (χ4n) is 12.1. The fraction of sp³-hybridized carbons (Fsp3) is 0.902. The van der Waals surface area contributed by atoms with Crippen LogP contribution >= 0.6 is 15.6 Å². The molecule has 0 spiro atoms. The van der Waals surface area contributed by atoms with E-state index in [1.165, 1.54) is 193 Å². The van der Waals surface area contributed by atoms with Gasteiger partial charge in [-0.3, -0.25) is 37.3 Å². The predicted molar refractivity (Wildman–Crippen MR) is 414 cm³/mol. The van der Waals surface area contributed by atoms with Crippen molar-refractivity contribution in [2.24, 2.45) is 17.8 Å². The van der Waals surface area contributed by atoms with Crippen molar-refractivity contribution < 1.29 is 80.2 Å². The molecule has 101 heavy (non-hydrogen) atoms. The molecule has 3 N–H and O–H groups in total. The number of hydrogen-bond acceptors (Lipinski definition) is 15. The van der Waals surface area contributed by atoms with E-state index in [0.29, 0.717) is 31.6 Å². The first-order chi connectivity index (χ1) is 48.8. The van der Waals surface area contributed by atoms with Crippen LogP contribution in [0.3, 0.4) is 0 Å². The van der Waals surface area contributed by atoms with Gasteiger partial charge >= 0.3 is 39.5 Å². The second-order valence-corrected chi connectivity index (χ2v) is 32.9. The summed E-state index contributed by atoms with van der Waals surface area (Å²) in [5.74, 6) is 0.181. The Balaban J connectivity index is 5.22. The maximum absolute atomic E-state index is 13.1. The van der Waals surface area contributed by atoms with E-state index in [-0.39, 0.29) is 25.7 Å². The minimum atomic E-state index is -4.97. The van der Waals surface area contributed by atoms with Gasteiger partial charge in [-0.05, 0) is 69.1 Å². The number of carbonyl (C=O) groups excluding carboxylic acids is 4. The third-order valence-corrected chi connectivity index (χ3v) is 20.8. The van der Waals surface area contributed by atoms with E-state index in [9.17, 15) is 43.2 Å². The number of hydrogen-bond donors (Lipinski definition) is 3. The second kappa shape index (κ2) is 71.8. The van der Waals surface area contributed by atoms with Gasteiger partial charge in [0.05, 0.1) is 26.4 Å². The van der Waals surface area contributed by atoms with Crippen molar-refractivity contribution in [2.45, 2.75) is 420 Å². The lowest BCUT2D eigenvalue weighted by Crippen LogP contribution is -2.30. The molecule has 0 aliphatic carbocycles. The minimum absolute atomic E-state index is 0.0852. The first kappa shape index (κ1) is 98.5. The number of esters is 4. The molecular weight excluding hydrogens is 1320 g/mol. The molecule has 0 aromatic rings. The molecular formula is C82H156O17P2. The number of aliphatic hydroxyl groups is 1. The van der Waals surface area contributed by atoms with Crippen molar-refractivity contribution in [3.63, 3.8) is 0 Å². The topological polar surface area (TPSA) is 237 Å². The number of aliphatic hydroxyl groups excluding tert-OH is 1. The van der Waals surface area contributed by atoms with Crippen LogP contribution in [0.4, 0.5) is 0 Å². The van der Waals surface area contributed by atoms with E-state index in [1.807, 2.05) is 0 Å². The number of carbonyl (C=O) groups is 4. The van der Waals surface area contributed by atoms with Crippen LogP contribution in [-0.4, -0.2) is 96.7 Å². The summed E-state index contributed by atoms with van der Waals surface area (Å²) in [5.41, 5.74) is 0. The van der Waals surface area contributed by atoms with Gasteiger partial charge in [0.2, 0.25) is 0 Å². The first-order valence-corrected chi connectivity index (χ1v) is 44.7. The van der Waals surface area contributed by atoms with E-state index in [1.54, 1.807) is 0 Å². The quantitative estimate of drug-likeness (QED) is 0.0169. The Labute approximate surface area is 618 Å². The lowest BCUT2D eigenvalue weighted by molar-refractivity contribution is -0.161. The molecule has 0 heterocycles. The largest absolute Gasteiger partial charge is 0.472 e. The number of ether oxygens (including phenoxy) is 4. The van der Waals surface area contributed by atoms with Gasteiger partial charge in [-0.2, -0.15) is 0 Å². The molecule has 0 amide bonds. The number of unbranched alkanes of at least 4 members (excludes halogenated alkanes) is 42. The Morgan fingerprint density at radius 1 is 0.327 bits per heavy atom. The fourth-order valence-corrected chi connectivity index (χ4v) is 13.7. The molecule has 0 saturated heterocycles. The van der Waals surface area contributed by atoms with Crippen LogP contribution in [0, 0.1) is 17.8 Å². The van der Waals surface area contributed by atoms with E-state index in [0.717, 1.165) is 121 Å². The van der Waals surface area contributed by atoms with Crippen molar-refractivity contribution in [2.75, 3.05) is 39.6 Å². The van der Waals surface area contributed by atoms with Crippen LogP contribution in [0.1, 0.15) is 402 Å². The molecule has 0 radical (unpaired) electrons. The first-order valence-electron chi connectivity index (χ1n) is 41.7. The van der Waals surface area contributed by atoms with Crippen molar-refractivity contribution in [3.8, 4) is 0 Å². The molecule has 0 saturated carbocycles. The predicted octanol–water partition coefficient (Wildman–Crippen LogP) is 24.1. The number of phosphoric ester groups is 2. The SMILES string of the molecule is CCCCCC/C=C\C=C/CCCCCCCC(=O)O[C@H](COC(=O)CCCCCCCCCCCCCCCCCCCCC(C)CC)COP(=O)(O)OC[C@@H](O)COP(=O)(O)OC[C@@H](COC(=O)CCCCCCCCC(C)C)OC(=O)CCCCCCCCCCCCCCC(C)C.